The van der Waals surface area contributed by atoms with Crippen LogP contribution < -0.4 is 14.5 Å². The minimum atomic E-state index is -0.430. The van der Waals surface area contributed by atoms with Crippen LogP contribution in [-0.4, -0.2) is 16.1 Å². The van der Waals surface area contributed by atoms with Crippen LogP contribution in [0, 0.1) is 12.7 Å². The summed E-state index contributed by atoms with van der Waals surface area (Å²) < 4.78 is 6.49. The molecule has 2 aliphatic heterocycles. The van der Waals surface area contributed by atoms with Gasteiger partial charge >= 0.3 is 0 Å². The summed E-state index contributed by atoms with van der Waals surface area (Å²) in [6, 6.07) is 28.0. The first-order valence-electron chi connectivity index (χ1n) is 12.6. The Hall–Kier alpha value is -3.73. The van der Waals surface area contributed by atoms with E-state index in [0.717, 1.165) is 40.0 Å². The number of benzene rings is 3. The van der Waals surface area contributed by atoms with Gasteiger partial charge in [0.2, 0.25) is 0 Å². The molecule has 0 bridgehead atoms. The van der Waals surface area contributed by atoms with Gasteiger partial charge in [-0.05, 0) is 32.1 Å². The monoisotopic (exact) mass is 675 g/mol. The van der Waals surface area contributed by atoms with E-state index < -0.39 is 5.41 Å². The van der Waals surface area contributed by atoms with Crippen LogP contribution in [-0.2, 0) is 25.5 Å². The van der Waals surface area contributed by atoms with Gasteiger partial charge in [0.25, 0.3) is 0 Å². The van der Waals surface area contributed by atoms with Gasteiger partial charge in [0, 0.05) is 48.3 Å². The van der Waals surface area contributed by atoms with E-state index >= 15 is 0 Å². The molecule has 3 heterocycles. The topological polar surface area (TPSA) is 41.5 Å². The zero-order valence-corrected chi connectivity index (χ0v) is 23.5. The molecule has 1 aromatic heterocycles. The Morgan fingerprint density at radius 3 is 2.53 bits per heavy atom. The van der Waals surface area contributed by atoms with Crippen LogP contribution in [0.5, 0.6) is 5.75 Å². The summed E-state index contributed by atoms with van der Waals surface area (Å²) in [7, 11) is 0. The molecule has 1 radical (unpaired) electrons. The summed E-state index contributed by atoms with van der Waals surface area (Å²) in [4.78, 5) is 14.3. The van der Waals surface area contributed by atoms with Crippen molar-refractivity contribution in [3.63, 3.8) is 0 Å². The average Bonchev–Trinajstić information content (AvgIpc) is 3.52. The second kappa shape index (κ2) is 9.54. The quantitative estimate of drug-likeness (QED) is 0.219. The average molecular weight is 675 g/mol. The van der Waals surface area contributed by atoms with Gasteiger partial charge in [-0.2, -0.15) is 30.3 Å². The van der Waals surface area contributed by atoms with Crippen LogP contribution in [0.15, 0.2) is 103 Å². The number of hydrogen-bond donors (Lipinski definition) is 0. The number of nitrogens with zero attached hydrogens (tertiary/aromatic N) is 4. The Bertz CT molecular complexity index is 1530. The molecule has 0 saturated carbocycles. The Labute approximate surface area is 236 Å². The Kier molecular flexibility index (Phi) is 6.17. The molecular weight excluding hydrogens is 649 g/mol. The van der Waals surface area contributed by atoms with Crippen molar-refractivity contribution in [2.45, 2.75) is 31.3 Å². The molecule has 4 aromatic rings. The number of hydrogen-bond acceptors (Lipinski definition) is 5. The first-order chi connectivity index (χ1) is 18.1. The fraction of sp³-hybridized carbons (Fsp3) is 0.156. The van der Waals surface area contributed by atoms with Gasteiger partial charge in [0.05, 0.1) is 11.9 Å². The van der Waals surface area contributed by atoms with E-state index in [9.17, 15) is 0 Å². The van der Waals surface area contributed by atoms with Gasteiger partial charge in [-0.1, -0.05) is 54.6 Å². The predicted octanol–water partition coefficient (Wildman–Crippen LogP) is 6.98. The molecular formula is C32H26IrN4O-2. The van der Waals surface area contributed by atoms with Crippen molar-refractivity contribution in [1.29, 1.82) is 0 Å². The third kappa shape index (κ3) is 3.87. The third-order valence-corrected chi connectivity index (χ3v) is 7.47. The standard InChI is InChI=1S/C32H26N4O.Ir/c1-32(2,26-18-11-17-25-24-16-9-10-19-27(24)37-29(25)26)28-20-33-30-31(34-28)36(23-14-7-4-8-15-23)21-35(30)22-12-5-3-6-13-22;/h3-14,16-21,24,27H,1-2H3;/q-2;. The Morgan fingerprint density at radius 1 is 0.895 bits per heavy atom. The normalized spacial score (nSPS) is 18.9. The van der Waals surface area contributed by atoms with Gasteiger partial charge in [-0.25, -0.2) is 9.97 Å². The maximum absolute atomic E-state index is 6.49. The number of anilines is 4. The summed E-state index contributed by atoms with van der Waals surface area (Å²) >= 11 is 0. The third-order valence-electron chi connectivity index (χ3n) is 7.47. The van der Waals surface area contributed by atoms with Crippen molar-refractivity contribution in [2.24, 2.45) is 0 Å². The van der Waals surface area contributed by atoms with Crippen LogP contribution >= 0.6 is 0 Å². The summed E-state index contributed by atoms with van der Waals surface area (Å²) in [6.07, 6.45) is 10.5. The van der Waals surface area contributed by atoms with Gasteiger partial charge in [0.15, 0.2) is 0 Å². The molecule has 0 fully saturated rings. The molecule has 0 N–H and O–H groups in total. The number of ether oxygens (including phenoxy) is 1. The Balaban J connectivity index is 0.00000264. The molecule has 7 rings (SSSR count). The number of allylic oxidation sites excluding steroid dienone is 2. The first kappa shape index (κ1) is 24.6. The second-order valence-electron chi connectivity index (χ2n) is 10.1. The van der Waals surface area contributed by atoms with Crippen LogP contribution in [0.3, 0.4) is 0 Å². The van der Waals surface area contributed by atoms with Gasteiger partial charge in [0.1, 0.15) is 23.5 Å². The van der Waals surface area contributed by atoms with E-state index in [2.05, 4.69) is 84.3 Å². The largest absolute Gasteiger partial charge is 0.485 e. The summed E-state index contributed by atoms with van der Waals surface area (Å²) in [5.41, 5.74) is 4.75. The van der Waals surface area contributed by atoms with Crippen LogP contribution in [0.2, 0.25) is 0 Å². The molecule has 6 heteroatoms. The number of rotatable bonds is 4. The summed E-state index contributed by atoms with van der Waals surface area (Å²) in [6.45, 7) is 6.43. The van der Waals surface area contributed by atoms with E-state index in [1.165, 1.54) is 5.56 Å². The zero-order valence-electron chi connectivity index (χ0n) is 21.1. The van der Waals surface area contributed by atoms with Crippen molar-refractivity contribution in [1.82, 2.24) is 9.97 Å². The van der Waals surface area contributed by atoms with Crippen molar-refractivity contribution >= 4 is 23.0 Å². The molecule has 0 spiro atoms. The van der Waals surface area contributed by atoms with Crippen molar-refractivity contribution < 1.29 is 24.8 Å². The predicted molar refractivity (Wildman–Crippen MR) is 146 cm³/mol. The molecule has 3 aliphatic rings. The Morgan fingerprint density at radius 2 is 1.71 bits per heavy atom. The molecule has 3 aromatic carbocycles. The van der Waals surface area contributed by atoms with Gasteiger partial charge in [-0.15, -0.1) is 12.4 Å². The number of fused-ring (bicyclic) bond motifs is 4. The maximum Gasteiger partial charge on any atom is 0.145 e. The summed E-state index contributed by atoms with van der Waals surface area (Å²) in [5, 5.41) is 0. The molecule has 2 atom stereocenters. The fourth-order valence-corrected chi connectivity index (χ4v) is 5.41. The number of aromatic nitrogens is 2. The first-order valence-corrected chi connectivity index (χ1v) is 12.6. The van der Waals surface area contributed by atoms with Gasteiger partial charge in [-0.3, -0.25) is 0 Å². The number of para-hydroxylation sites is 3. The van der Waals surface area contributed by atoms with Crippen molar-refractivity contribution in [2.75, 3.05) is 9.80 Å². The minimum absolute atomic E-state index is 0. The van der Waals surface area contributed by atoms with Crippen LogP contribution in [0.4, 0.5) is 23.0 Å². The molecule has 2 unspecified atom stereocenters. The van der Waals surface area contributed by atoms with Gasteiger partial charge < -0.3 is 14.5 Å². The van der Waals surface area contributed by atoms with Crippen LogP contribution in [0.25, 0.3) is 0 Å². The molecule has 1 aliphatic carbocycles. The van der Waals surface area contributed by atoms with Crippen molar-refractivity contribution in [3.8, 4) is 5.75 Å². The van der Waals surface area contributed by atoms with E-state index in [1.54, 1.807) is 0 Å². The molecule has 38 heavy (non-hydrogen) atoms. The van der Waals surface area contributed by atoms with E-state index in [0.29, 0.717) is 0 Å². The molecule has 0 amide bonds. The van der Waals surface area contributed by atoms with Crippen LogP contribution in [0.1, 0.15) is 36.6 Å². The van der Waals surface area contributed by atoms with E-state index in [-0.39, 0.29) is 32.1 Å². The molecule has 0 saturated heterocycles. The van der Waals surface area contributed by atoms with Crippen molar-refractivity contribution in [3.05, 3.63) is 133 Å². The maximum atomic E-state index is 6.49. The molecule has 191 valence electrons. The summed E-state index contributed by atoms with van der Waals surface area (Å²) in [5.74, 6) is 2.79. The zero-order chi connectivity index (χ0) is 25.0. The smallest absolute Gasteiger partial charge is 0.145 e. The molecule has 5 nitrogen and oxygen atoms in total. The van der Waals surface area contributed by atoms with E-state index in [1.807, 2.05) is 55.3 Å². The second-order valence-corrected chi connectivity index (χ2v) is 10.1. The minimum Gasteiger partial charge on any atom is -0.485 e. The SMILES string of the molecule is CC(C)(c1cnc2c(n1)N(c1[c-]cccc1)[CH-]N2c1ccccc1)c1cccc2c1OC1C=CC=CC21.[Ir]. The van der Waals surface area contributed by atoms with E-state index in [4.69, 9.17) is 14.7 Å². The fourth-order valence-electron chi connectivity index (χ4n) is 5.41.